The highest BCUT2D eigenvalue weighted by Crippen LogP contribution is 2.38. The van der Waals surface area contributed by atoms with Gasteiger partial charge in [0.15, 0.2) is 0 Å². The summed E-state index contributed by atoms with van der Waals surface area (Å²) in [6.07, 6.45) is 3.55. The Morgan fingerprint density at radius 2 is 2.12 bits per heavy atom. The van der Waals surface area contributed by atoms with Crippen molar-refractivity contribution < 1.29 is 4.74 Å². The third kappa shape index (κ3) is 1.66. The third-order valence-electron chi connectivity index (χ3n) is 4.15. The molecule has 1 heterocycles. The van der Waals surface area contributed by atoms with Gasteiger partial charge >= 0.3 is 0 Å². The molecular formula is C14H19NO. The van der Waals surface area contributed by atoms with Crippen LogP contribution in [0.5, 0.6) is 0 Å². The van der Waals surface area contributed by atoms with Crippen molar-refractivity contribution in [1.29, 1.82) is 0 Å². The molecule has 16 heavy (non-hydrogen) atoms. The van der Waals surface area contributed by atoms with E-state index >= 15 is 0 Å². The average molecular weight is 217 g/mol. The zero-order valence-electron chi connectivity index (χ0n) is 9.56. The van der Waals surface area contributed by atoms with Crippen molar-refractivity contribution in [1.82, 2.24) is 0 Å². The fraction of sp³-hybridized carbons (Fsp3) is 0.571. The SMILES string of the molecule is NC(C1CCOC1)C1CCc2ccccc21. The summed E-state index contributed by atoms with van der Waals surface area (Å²) >= 11 is 0. The lowest BCUT2D eigenvalue weighted by Gasteiger charge is -2.25. The first-order valence-corrected chi connectivity index (χ1v) is 6.27. The van der Waals surface area contributed by atoms with E-state index in [1.165, 1.54) is 24.0 Å². The minimum Gasteiger partial charge on any atom is -0.381 e. The van der Waals surface area contributed by atoms with Gasteiger partial charge in [-0.1, -0.05) is 24.3 Å². The fourth-order valence-corrected chi connectivity index (χ4v) is 3.17. The van der Waals surface area contributed by atoms with Crippen molar-refractivity contribution in [2.45, 2.75) is 31.2 Å². The number of nitrogens with two attached hydrogens (primary N) is 1. The summed E-state index contributed by atoms with van der Waals surface area (Å²) in [5.74, 6) is 1.12. The van der Waals surface area contributed by atoms with Gasteiger partial charge in [0.25, 0.3) is 0 Å². The van der Waals surface area contributed by atoms with Crippen molar-refractivity contribution in [3.05, 3.63) is 35.4 Å². The Hall–Kier alpha value is -0.860. The molecule has 0 radical (unpaired) electrons. The molecule has 86 valence electrons. The van der Waals surface area contributed by atoms with Crippen LogP contribution in [0.3, 0.4) is 0 Å². The molecule has 0 spiro atoms. The van der Waals surface area contributed by atoms with Crippen molar-refractivity contribution in [2.24, 2.45) is 11.7 Å². The topological polar surface area (TPSA) is 35.2 Å². The molecule has 1 aromatic carbocycles. The van der Waals surface area contributed by atoms with Crippen molar-refractivity contribution >= 4 is 0 Å². The quantitative estimate of drug-likeness (QED) is 0.823. The highest BCUT2D eigenvalue weighted by molar-refractivity contribution is 5.36. The van der Waals surface area contributed by atoms with E-state index in [0.717, 1.165) is 19.6 Å². The standard InChI is InChI=1S/C14H19NO/c15-14(11-7-8-16-9-11)13-6-5-10-3-1-2-4-12(10)13/h1-4,11,13-14H,5-9,15H2. The Labute approximate surface area is 96.8 Å². The Balaban J connectivity index is 1.81. The number of hydrogen-bond donors (Lipinski definition) is 1. The van der Waals surface area contributed by atoms with Crippen molar-refractivity contribution in [3.63, 3.8) is 0 Å². The number of rotatable bonds is 2. The van der Waals surface area contributed by atoms with E-state index in [-0.39, 0.29) is 6.04 Å². The van der Waals surface area contributed by atoms with Crippen LogP contribution in [0.1, 0.15) is 29.9 Å². The Kier molecular flexibility index (Phi) is 2.70. The maximum Gasteiger partial charge on any atom is 0.0510 e. The van der Waals surface area contributed by atoms with Crippen LogP contribution in [0, 0.1) is 5.92 Å². The van der Waals surface area contributed by atoms with Gasteiger partial charge in [0.1, 0.15) is 0 Å². The molecule has 1 aliphatic carbocycles. The predicted octanol–water partition coefficient (Wildman–Crippen LogP) is 2.08. The molecule has 0 bridgehead atoms. The second-order valence-corrected chi connectivity index (χ2v) is 5.05. The lowest BCUT2D eigenvalue weighted by atomic mass is 9.85. The van der Waals surface area contributed by atoms with Crippen LogP contribution >= 0.6 is 0 Å². The zero-order valence-corrected chi connectivity index (χ0v) is 9.56. The second kappa shape index (κ2) is 4.19. The highest BCUT2D eigenvalue weighted by Gasteiger charge is 2.33. The summed E-state index contributed by atoms with van der Waals surface area (Å²) in [7, 11) is 0. The van der Waals surface area contributed by atoms with Crippen LogP contribution < -0.4 is 5.73 Å². The summed E-state index contributed by atoms with van der Waals surface area (Å²) < 4.78 is 5.45. The third-order valence-corrected chi connectivity index (χ3v) is 4.15. The molecule has 2 N–H and O–H groups in total. The molecule has 3 rings (SSSR count). The van der Waals surface area contributed by atoms with E-state index in [9.17, 15) is 0 Å². The molecule has 1 fully saturated rings. The van der Waals surface area contributed by atoms with Crippen LogP contribution in [0.15, 0.2) is 24.3 Å². The highest BCUT2D eigenvalue weighted by atomic mass is 16.5. The summed E-state index contributed by atoms with van der Waals surface area (Å²) in [5.41, 5.74) is 9.41. The van der Waals surface area contributed by atoms with Gasteiger partial charge in [-0.05, 0) is 36.3 Å². The monoisotopic (exact) mass is 217 g/mol. The Bertz CT molecular complexity index is 371. The molecule has 1 aromatic rings. The van der Waals surface area contributed by atoms with Gasteiger partial charge in [-0.25, -0.2) is 0 Å². The Morgan fingerprint density at radius 1 is 1.25 bits per heavy atom. The van der Waals surface area contributed by atoms with E-state index in [1.807, 2.05) is 0 Å². The van der Waals surface area contributed by atoms with E-state index in [4.69, 9.17) is 10.5 Å². The summed E-state index contributed by atoms with van der Waals surface area (Å²) in [6, 6.07) is 9.04. The molecule has 3 unspecified atom stereocenters. The van der Waals surface area contributed by atoms with Crippen LogP contribution in [-0.4, -0.2) is 19.3 Å². The van der Waals surface area contributed by atoms with E-state index < -0.39 is 0 Å². The molecule has 1 aliphatic heterocycles. The van der Waals surface area contributed by atoms with Gasteiger partial charge < -0.3 is 10.5 Å². The minimum absolute atomic E-state index is 0.283. The number of ether oxygens (including phenoxy) is 1. The normalized spacial score (nSPS) is 30.3. The minimum atomic E-state index is 0.283. The molecule has 2 heteroatoms. The Morgan fingerprint density at radius 3 is 2.94 bits per heavy atom. The first-order chi connectivity index (χ1) is 7.86. The lowest BCUT2D eigenvalue weighted by molar-refractivity contribution is 0.177. The largest absolute Gasteiger partial charge is 0.381 e. The van der Waals surface area contributed by atoms with Gasteiger partial charge in [0.05, 0.1) is 6.61 Å². The number of fused-ring (bicyclic) bond motifs is 1. The van der Waals surface area contributed by atoms with Gasteiger partial charge in [-0.15, -0.1) is 0 Å². The first kappa shape index (κ1) is 10.3. The molecule has 1 saturated heterocycles. The average Bonchev–Trinajstić information content (AvgIpc) is 2.98. The van der Waals surface area contributed by atoms with Crippen molar-refractivity contribution in [2.75, 3.05) is 13.2 Å². The van der Waals surface area contributed by atoms with Gasteiger partial charge in [-0.3, -0.25) is 0 Å². The van der Waals surface area contributed by atoms with Crippen LogP contribution in [0.25, 0.3) is 0 Å². The van der Waals surface area contributed by atoms with E-state index in [1.54, 1.807) is 0 Å². The number of benzene rings is 1. The molecule has 2 nitrogen and oxygen atoms in total. The zero-order chi connectivity index (χ0) is 11.0. The second-order valence-electron chi connectivity index (χ2n) is 5.05. The molecular weight excluding hydrogens is 198 g/mol. The lowest BCUT2D eigenvalue weighted by Crippen LogP contribution is -2.35. The van der Waals surface area contributed by atoms with Gasteiger partial charge in [0.2, 0.25) is 0 Å². The molecule has 0 amide bonds. The fourth-order valence-electron chi connectivity index (χ4n) is 3.17. The first-order valence-electron chi connectivity index (χ1n) is 6.27. The van der Waals surface area contributed by atoms with Crippen LogP contribution in [0.4, 0.5) is 0 Å². The molecule has 0 aromatic heterocycles. The maximum atomic E-state index is 6.42. The number of aryl methyl sites for hydroxylation is 1. The molecule has 3 atom stereocenters. The molecule has 2 aliphatic rings. The summed E-state index contributed by atoms with van der Waals surface area (Å²) in [4.78, 5) is 0. The van der Waals surface area contributed by atoms with Crippen LogP contribution in [0.2, 0.25) is 0 Å². The summed E-state index contributed by atoms with van der Waals surface area (Å²) in [5, 5.41) is 0. The van der Waals surface area contributed by atoms with Crippen molar-refractivity contribution in [3.8, 4) is 0 Å². The van der Waals surface area contributed by atoms with Gasteiger partial charge in [-0.2, -0.15) is 0 Å². The molecule has 0 saturated carbocycles. The van der Waals surface area contributed by atoms with E-state index in [0.29, 0.717) is 11.8 Å². The number of hydrogen-bond acceptors (Lipinski definition) is 2. The predicted molar refractivity (Wildman–Crippen MR) is 64.4 cm³/mol. The van der Waals surface area contributed by atoms with Crippen LogP contribution in [-0.2, 0) is 11.2 Å². The smallest absolute Gasteiger partial charge is 0.0510 e. The maximum absolute atomic E-state index is 6.42. The van der Waals surface area contributed by atoms with E-state index in [2.05, 4.69) is 24.3 Å². The van der Waals surface area contributed by atoms with Gasteiger partial charge in [0, 0.05) is 18.6 Å². The summed E-state index contributed by atoms with van der Waals surface area (Å²) in [6.45, 7) is 1.76.